The van der Waals surface area contributed by atoms with Crippen LogP contribution in [-0.2, 0) is 16.0 Å². The summed E-state index contributed by atoms with van der Waals surface area (Å²) in [4.78, 5) is 26.3. The number of nitrogens with zero attached hydrogens (tertiary/aromatic N) is 5. The first-order valence-electron chi connectivity index (χ1n) is 8.67. The van der Waals surface area contributed by atoms with Crippen molar-refractivity contribution >= 4 is 12.0 Å². The molecule has 2 aromatic rings. The van der Waals surface area contributed by atoms with Crippen molar-refractivity contribution in [2.45, 2.75) is 30.9 Å². The SMILES string of the molecule is O=C1NCC2(CCN(C(=O)[C@@H](Cc3ccccc3)n3cnnn3)CC2)O1. The van der Waals surface area contributed by atoms with Crippen molar-refractivity contribution in [1.82, 2.24) is 30.4 Å². The zero-order valence-corrected chi connectivity index (χ0v) is 14.2. The van der Waals surface area contributed by atoms with Gasteiger partial charge in [0.1, 0.15) is 18.0 Å². The molecule has 9 nitrogen and oxygen atoms in total. The summed E-state index contributed by atoms with van der Waals surface area (Å²) in [6.45, 7) is 1.59. The number of hydrogen-bond donors (Lipinski definition) is 1. The first-order valence-corrected chi connectivity index (χ1v) is 8.67. The molecule has 26 heavy (non-hydrogen) atoms. The van der Waals surface area contributed by atoms with Gasteiger partial charge in [0.2, 0.25) is 5.91 Å². The Balaban J connectivity index is 1.48. The minimum Gasteiger partial charge on any atom is -0.441 e. The number of benzene rings is 1. The molecule has 1 aromatic carbocycles. The van der Waals surface area contributed by atoms with E-state index in [9.17, 15) is 9.59 Å². The Morgan fingerprint density at radius 3 is 2.65 bits per heavy atom. The van der Waals surface area contributed by atoms with Crippen molar-refractivity contribution < 1.29 is 14.3 Å². The highest BCUT2D eigenvalue weighted by molar-refractivity contribution is 5.81. The summed E-state index contributed by atoms with van der Waals surface area (Å²) in [5, 5.41) is 14.0. The molecule has 4 rings (SSSR count). The largest absolute Gasteiger partial charge is 0.441 e. The average molecular weight is 356 g/mol. The Hall–Kier alpha value is -2.97. The number of aromatic nitrogens is 4. The average Bonchev–Trinajstić information content (AvgIpc) is 3.31. The monoisotopic (exact) mass is 356 g/mol. The van der Waals surface area contributed by atoms with Crippen LogP contribution in [0.1, 0.15) is 24.4 Å². The summed E-state index contributed by atoms with van der Waals surface area (Å²) in [6, 6.07) is 9.31. The van der Waals surface area contributed by atoms with Gasteiger partial charge in [-0.25, -0.2) is 9.48 Å². The van der Waals surface area contributed by atoms with Crippen LogP contribution < -0.4 is 5.32 Å². The van der Waals surface area contributed by atoms with Crippen LogP contribution in [0.15, 0.2) is 36.7 Å². The maximum atomic E-state index is 13.2. The van der Waals surface area contributed by atoms with Crippen LogP contribution >= 0.6 is 0 Å². The van der Waals surface area contributed by atoms with Gasteiger partial charge in [0.05, 0.1) is 6.54 Å². The van der Waals surface area contributed by atoms with E-state index in [4.69, 9.17) is 4.74 Å². The Morgan fingerprint density at radius 2 is 2.04 bits per heavy atom. The molecule has 1 aromatic heterocycles. The van der Waals surface area contributed by atoms with E-state index in [1.165, 1.54) is 11.0 Å². The third kappa shape index (κ3) is 3.24. The highest BCUT2D eigenvalue weighted by atomic mass is 16.6. The fraction of sp³-hybridized carbons (Fsp3) is 0.471. The predicted octanol–water partition coefficient (Wildman–Crippen LogP) is 0.558. The molecule has 2 aliphatic rings. The van der Waals surface area contributed by atoms with Crippen molar-refractivity contribution in [2.75, 3.05) is 19.6 Å². The van der Waals surface area contributed by atoms with Gasteiger partial charge in [-0.3, -0.25) is 4.79 Å². The van der Waals surface area contributed by atoms with Crippen LogP contribution in [0.5, 0.6) is 0 Å². The lowest BCUT2D eigenvalue weighted by molar-refractivity contribution is -0.138. The number of nitrogens with one attached hydrogen (secondary N) is 1. The first kappa shape index (κ1) is 16.5. The Labute approximate surface area is 150 Å². The summed E-state index contributed by atoms with van der Waals surface area (Å²) < 4.78 is 6.93. The van der Waals surface area contributed by atoms with E-state index in [0.29, 0.717) is 38.9 Å². The number of piperidine rings is 1. The number of ether oxygens (including phenoxy) is 1. The fourth-order valence-electron chi connectivity index (χ4n) is 3.57. The third-order valence-corrected chi connectivity index (χ3v) is 5.09. The van der Waals surface area contributed by atoms with Crippen molar-refractivity contribution in [3.05, 3.63) is 42.2 Å². The fourth-order valence-corrected chi connectivity index (χ4v) is 3.57. The number of tetrazole rings is 1. The zero-order valence-electron chi connectivity index (χ0n) is 14.2. The number of likely N-dealkylation sites (tertiary alicyclic amines) is 1. The molecule has 9 heteroatoms. The molecule has 1 atom stereocenters. The van der Waals surface area contributed by atoms with Crippen molar-refractivity contribution in [3.8, 4) is 0 Å². The number of hydrogen-bond acceptors (Lipinski definition) is 6. The predicted molar refractivity (Wildman–Crippen MR) is 90.0 cm³/mol. The van der Waals surface area contributed by atoms with Gasteiger partial charge in [-0.15, -0.1) is 5.10 Å². The Morgan fingerprint density at radius 1 is 1.27 bits per heavy atom. The number of carbonyl (C=O) groups excluding carboxylic acids is 2. The smallest absolute Gasteiger partial charge is 0.407 e. The summed E-state index contributed by atoms with van der Waals surface area (Å²) in [5.74, 6) is -0.0201. The molecule has 0 aliphatic carbocycles. The summed E-state index contributed by atoms with van der Waals surface area (Å²) in [7, 11) is 0. The van der Waals surface area contributed by atoms with E-state index < -0.39 is 11.6 Å². The molecule has 1 spiro atoms. The molecule has 0 radical (unpaired) electrons. The lowest BCUT2D eigenvalue weighted by Crippen LogP contribution is -2.50. The lowest BCUT2D eigenvalue weighted by Gasteiger charge is -2.38. The molecule has 2 aliphatic heterocycles. The number of rotatable bonds is 4. The number of carbonyl (C=O) groups is 2. The highest BCUT2D eigenvalue weighted by Crippen LogP contribution is 2.30. The molecule has 0 unspecified atom stereocenters. The molecule has 1 N–H and O–H groups in total. The first-order chi connectivity index (χ1) is 12.7. The molecule has 0 saturated carbocycles. The van der Waals surface area contributed by atoms with Crippen LogP contribution in [-0.4, -0.2) is 62.3 Å². The topological polar surface area (TPSA) is 102 Å². The molecule has 0 bridgehead atoms. The molecule has 136 valence electrons. The number of alkyl carbamates (subject to hydrolysis) is 1. The molecule has 3 heterocycles. The lowest BCUT2D eigenvalue weighted by atomic mass is 9.91. The van der Waals surface area contributed by atoms with Gasteiger partial charge < -0.3 is 15.0 Å². The second-order valence-corrected chi connectivity index (χ2v) is 6.75. The Kier molecular flexibility index (Phi) is 4.27. The Bertz CT molecular complexity index is 771. The van der Waals surface area contributed by atoms with E-state index in [1.807, 2.05) is 35.2 Å². The quantitative estimate of drug-likeness (QED) is 0.859. The van der Waals surface area contributed by atoms with Crippen molar-refractivity contribution in [2.24, 2.45) is 0 Å². The van der Waals surface area contributed by atoms with Gasteiger partial charge >= 0.3 is 6.09 Å². The van der Waals surface area contributed by atoms with E-state index in [0.717, 1.165) is 5.56 Å². The minimum atomic E-state index is -0.495. The van der Waals surface area contributed by atoms with Gasteiger partial charge in [-0.1, -0.05) is 30.3 Å². The summed E-state index contributed by atoms with van der Waals surface area (Å²) in [6.07, 6.45) is 2.87. The number of amides is 2. The van der Waals surface area contributed by atoms with Crippen molar-refractivity contribution in [3.63, 3.8) is 0 Å². The van der Waals surface area contributed by atoms with Crippen LogP contribution in [0.3, 0.4) is 0 Å². The second-order valence-electron chi connectivity index (χ2n) is 6.75. The molecule has 2 amide bonds. The minimum absolute atomic E-state index is 0.0201. The molecular weight excluding hydrogens is 336 g/mol. The van der Waals surface area contributed by atoms with E-state index in [-0.39, 0.29) is 12.0 Å². The van der Waals surface area contributed by atoms with Gasteiger partial charge in [0.25, 0.3) is 0 Å². The maximum Gasteiger partial charge on any atom is 0.407 e. The summed E-state index contributed by atoms with van der Waals surface area (Å²) >= 11 is 0. The third-order valence-electron chi connectivity index (χ3n) is 5.09. The highest BCUT2D eigenvalue weighted by Gasteiger charge is 2.44. The normalized spacial score (nSPS) is 19.8. The molecular formula is C17H20N6O3. The standard InChI is InChI=1S/C17H20N6O3/c24-15(22-8-6-17(7-9-22)11-18-16(25)26-17)14(23-12-19-20-21-23)10-13-4-2-1-3-5-13/h1-5,12,14H,6-11H2,(H,18,25)/t14-/m1/s1. The van der Waals surface area contributed by atoms with Crippen LogP contribution in [0.25, 0.3) is 0 Å². The maximum absolute atomic E-state index is 13.2. The van der Waals surface area contributed by atoms with Crippen LogP contribution in [0.2, 0.25) is 0 Å². The van der Waals surface area contributed by atoms with Gasteiger partial charge in [0.15, 0.2) is 0 Å². The molecule has 2 fully saturated rings. The van der Waals surface area contributed by atoms with Crippen LogP contribution in [0, 0.1) is 0 Å². The van der Waals surface area contributed by atoms with Gasteiger partial charge in [0, 0.05) is 32.4 Å². The second kappa shape index (κ2) is 6.74. The zero-order chi connectivity index (χ0) is 18.0. The van der Waals surface area contributed by atoms with E-state index in [2.05, 4.69) is 20.8 Å². The van der Waals surface area contributed by atoms with Crippen LogP contribution in [0.4, 0.5) is 4.79 Å². The summed E-state index contributed by atoms with van der Waals surface area (Å²) in [5.41, 5.74) is 0.571. The van der Waals surface area contributed by atoms with E-state index in [1.54, 1.807) is 0 Å². The van der Waals surface area contributed by atoms with Crippen molar-refractivity contribution in [1.29, 1.82) is 0 Å². The van der Waals surface area contributed by atoms with Gasteiger partial charge in [-0.05, 0) is 16.0 Å². The van der Waals surface area contributed by atoms with Gasteiger partial charge in [-0.2, -0.15) is 0 Å². The molecule has 2 saturated heterocycles. The van der Waals surface area contributed by atoms with E-state index >= 15 is 0 Å².